The van der Waals surface area contributed by atoms with Crippen LogP contribution in [0.15, 0.2) is 11.6 Å². The standard InChI is InChI=1S/C34H58N2O2/c1-29(2)16-18-34(28(38)35-20-21-36(8)9)19-17-32(6)23(24(34)22-29)10-11-26-31(5)14-13-27(37)30(3,4)25(31)12-15-33(26,32)7/h10,24-27,37H,11-22H2,1-9H3,(H,35,38)/t24-,25-,26+,27-,31-,32+,33+,34-/m0/s1. The molecule has 4 heteroatoms. The van der Waals surface area contributed by atoms with Gasteiger partial charge in [0.25, 0.3) is 0 Å². The van der Waals surface area contributed by atoms with Gasteiger partial charge in [-0.15, -0.1) is 0 Å². The molecular weight excluding hydrogens is 468 g/mol. The van der Waals surface area contributed by atoms with Gasteiger partial charge in [0.2, 0.25) is 5.91 Å². The van der Waals surface area contributed by atoms with Crippen molar-refractivity contribution in [1.29, 1.82) is 0 Å². The Morgan fingerprint density at radius 2 is 1.63 bits per heavy atom. The van der Waals surface area contributed by atoms with Crippen LogP contribution in [0.3, 0.4) is 0 Å². The van der Waals surface area contributed by atoms with E-state index in [2.05, 4.69) is 78.9 Å². The summed E-state index contributed by atoms with van der Waals surface area (Å²) in [7, 11) is 4.16. The normalized spacial score (nSPS) is 47.2. The second kappa shape index (κ2) is 9.07. The molecule has 2 N–H and O–H groups in total. The summed E-state index contributed by atoms with van der Waals surface area (Å²) >= 11 is 0. The Balaban J connectivity index is 1.53. The van der Waals surface area contributed by atoms with Crippen LogP contribution < -0.4 is 5.32 Å². The van der Waals surface area contributed by atoms with Crippen molar-refractivity contribution in [1.82, 2.24) is 10.2 Å². The number of aliphatic hydroxyl groups excluding tert-OH is 1. The molecule has 0 aromatic heterocycles. The van der Waals surface area contributed by atoms with Crippen molar-refractivity contribution in [3.05, 3.63) is 11.6 Å². The summed E-state index contributed by atoms with van der Waals surface area (Å²) in [6, 6.07) is 0. The van der Waals surface area contributed by atoms with Crippen molar-refractivity contribution in [2.45, 2.75) is 119 Å². The average Bonchev–Trinajstić information content (AvgIpc) is 2.81. The molecule has 38 heavy (non-hydrogen) atoms. The number of rotatable bonds is 4. The first-order valence-electron chi connectivity index (χ1n) is 15.9. The van der Waals surface area contributed by atoms with E-state index in [0.29, 0.717) is 23.7 Å². The summed E-state index contributed by atoms with van der Waals surface area (Å²) in [5.41, 5.74) is 2.33. The molecule has 1 amide bonds. The molecule has 0 bridgehead atoms. The van der Waals surface area contributed by atoms with Crippen molar-refractivity contribution in [2.24, 2.45) is 50.2 Å². The van der Waals surface area contributed by atoms with E-state index >= 15 is 0 Å². The van der Waals surface area contributed by atoms with Crippen LogP contribution in [0.2, 0.25) is 0 Å². The number of fused-ring (bicyclic) bond motifs is 7. The van der Waals surface area contributed by atoms with E-state index < -0.39 is 0 Å². The van der Waals surface area contributed by atoms with Gasteiger partial charge in [-0.1, -0.05) is 60.1 Å². The molecule has 216 valence electrons. The van der Waals surface area contributed by atoms with Gasteiger partial charge in [0.15, 0.2) is 0 Å². The summed E-state index contributed by atoms with van der Waals surface area (Å²) in [6.07, 6.45) is 13.7. The average molecular weight is 527 g/mol. The first-order chi connectivity index (χ1) is 17.5. The second-order valence-corrected chi connectivity index (χ2v) is 16.8. The number of aliphatic hydroxyl groups is 1. The van der Waals surface area contributed by atoms with Crippen molar-refractivity contribution in [3.8, 4) is 0 Å². The van der Waals surface area contributed by atoms with Gasteiger partial charge in [0.1, 0.15) is 0 Å². The molecule has 5 aliphatic carbocycles. The van der Waals surface area contributed by atoms with Gasteiger partial charge in [-0.05, 0) is 123 Å². The second-order valence-electron chi connectivity index (χ2n) is 16.8. The fourth-order valence-electron chi connectivity index (χ4n) is 11.2. The first kappa shape index (κ1) is 28.7. The minimum atomic E-state index is -0.242. The third-order valence-corrected chi connectivity index (χ3v) is 13.9. The van der Waals surface area contributed by atoms with Crippen LogP contribution in [0.1, 0.15) is 113 Å². The molecule has 0 heterocycles. The smallest absolute Gasteiger partial charge is 0.226 e. The van der Waals surface area contributed by atoms with Crippen LogP contribution in [0, 0.1) is 50.2 Å². The summed E-state index contributed by atoms with van der Waals surface area (Å²) in [5.74, 6) is 1.91. The van der Waals surface area contributed by atoms with E-state index in [9.17, 15) is 9.90 Å². The molecule has 0 unspecified atom stereocenters. The number of carbonyl (C=O) groups is 1. The lowest BCUT2D eigenvalue weighted by atomic mass is 9.33. The highest BCUT2D eigenvalue weighted by molar-refractivity contribution is 5.84. The lowest BCUT2D eigenvalue weighted by molar-refractivity contribution is -0.203. The van der Waals surface area contributed by atoms with Crippen molar-refractivity contribution >= 4 is 5.91 Å². The number of nitrogens with zero attached hydrogens (tertiary/aromatic N) is 1. The minimum absolute atomic E-state index is 0.0149. The fourth-order valence-corrected chi connectivity index (χ4v) is 11.2. The van der Waals surface area contributed by atoms with E-state index in [1.807, 2.05) is 0 Å². The zero-order valence-corrected chi connectivity index (χ0v) is 26.2. The maximum absolute atomic E-state index is 14.0. The van der Waals surface area contributed by atoms with Gasteiger partial charge in [0.05, 0.1) is 11.5 Å². The van der Waals surface area contributed by atoms with Crippen LogP contribution in [-0.2, 0) is 4.79 Å². The maximum atomic E-state index is 14.0. The molecule has 8 atom stereocenters. The van der Waals surface area contributed by atoms with Crippen LogP contribution in [-0.4, -0.2) is 49.2 Å². The van der Waals surface area contributed by atoms with Gasteiger partial charge < -0.3 is 15.3 Å². The number of allylic oxidation sites excluding steroid dienone is 2. The van der Waals surface area contributed by atoms with E-state index in [1.165, 1.54) is 12.8 Å². The number of nitrogens with one attached hydrogen (secondary N) is 1. The molecule has 0 radical (unpaired) electrons. The Morgan fingerprint density at radius 3 is 2.32 bits per heavy atom. The van der Waals surface area contributed by atoms with E-state index in [4.69, 9.17) is 0 Å². The van der Waals surface area contributed by atoms with Crippen molar-refractivity contribution in [2.75, 3.05) is 27.2 Å². The monoisotopic (exact) mass is 526 g/mol. The predicted molar refractivity (Wildman–Crippen MR) is 157 cm³/mol. The molecule has 4 saturated carbocycles. The SMILES string of the molecule is CN(C)CCNC(=O)[C@]12CCC(C)(C)C[C@H]1C1=CC[C@@H]3[C@@]4(C)CC[C@H](O)C(C)(C)[C@@H]4CC[C@@]3(C)[C@]1(C)CC2. The van der Waals surface area contributed by atoms with E-state index in [0.717, 1.165) is 64.5 Å². The molecule has 0 aliphatic heterocycles. The summed E-state index contributed by atoms with van der Waals surface area (Å²) in [6.45, 7) is 19.0. The number of hydrogen-bond donors (Lipinski definition) is 2. The quantitative estimate of drug-likeness (QED) is 0.395. The zero-order valence-electron chi connectivity index (χ0n) is 26.2. The van der Waals surface area contributed by atoms with Crippen molar-refractivity contribution < 1.29 is 9.90 Å². The van der Waals surface area contributed by atoms with Crippen molar-refractivity contribution in [3.63, 3.8) is 0 Å². The Hall–Kier alpha value is -0.870. The molecular formula is C34H58N2O2. The van der Waals surface area contributed by atoms with Gasteiger partial charge in [-0.2, -0.15) is 0 Å². The van der Waals surface area contributed by atoms with Gasteiger partial charge in [-0.25, -0.2) is 0 Å². The molecule has 4 fully saturated rings. The Labute approximate surface area is 233 Å². The topological polar surface area (TPSA) is 52.6 Å². The first-order valence-corrected chi connectivity index (χ1v) is 15.9. The zero-order chi connectivity index (χ0) is 27.9. The molecule has 5 aliphatic rings. The summed E-state index contributed by atoms with van der Waals surface area (Å²) < 4.78 is 0. The minimum Gasteiger partial charge on any atom is -0.393 e. The number of likely N-dealkylation sites (N-methyl/N-ethyl adjacent to an activating group) is 1. The molecule has 4 nitrogen and oxygen atoms in total. The fraction of sp³-hybridized carbons (Fsp3) is 0.912. The van der Waals surface area contributed by atoms with Gasteiger partial charge in [-0.3, -0.25) is 4.79 Å². The number of amides is 1. The molecule has 0 aromatic rings. The number of hydrogen-bond acceptors (Lipinski definition) is 3. The van der Waals surface area contributed by atoms with Crippen LogP contribution in [0.4, 0.5) is 0 Å². The summed E-state index contributed by atoms with van der Waals surface area (Å²) in [5, 5.41) is 14.4. The molecule has 0 saturated heterocycles. The van der Waals surface area contributed by atoms with Crippen LogP contribution in [0.25, 0.3) is 0 Å². The predicted octanol–water partition coefficient (Wildman–Crippen LogP) is 6.83. The van der Waals surface area contributed by atoms with Gasteiger partial charge in [0, 0.05) is 13.1 Å². The Morgan fingerprint density at radius 1 is 0.947 bits per heavy atom. The van der Waals surface area contributed by atoms with Crippen LogP contribution >= 0.6 is 0 Å². The lowest BCUT2D eigenvalue weighted by Gasteiger charge is -2.71. The highest BCUT2D eigenvalue weighted by Crippen LogP contribution is 2.75. The number of carbonyl (C=O) groups excluding carboxylic acids is 1. The Bertz CT molecular complexity index is 983. The summed E-state index contributed by atoms with van der Waals surface area (Å²) in [4.78, 5) is 16.2. The molecule has 0 aromatic carbocycles. The third kappa shape index (κ3) is 3.92. The molecule has 0 spiro atoms. The van der Waals surface area contributed by atoms with Crippen LogP contribution in [0.5, 0.6) is 0 Å². The van der Waals surface area contributed by atoms with E-state index in [-0.39, 0.29) is 38.6 Å². The maximum Gasteiger partial charge on any atom is 0.226 e. The van der Waals surface area contributed by atoms with E-state index in [1.54, 1.807) is 5.57 Å². The third-order valence-electron chi connectivity index (χ3n) is 13.9. The van der Waals surface area contributed by atoms with Gasteiger partial charge >= 0.3 is 0 Å². The highest BCUT2D eigenvalue weighted by atomic mass is 16.3. The highest BCUT2D eigenvalue weighted by Gasteiger charge is 2.69. The molecule has 5 rings (SSSR count). The Kier molecular flexibility index (Phi) is 6.84. The lowest BCUT2D eigenvalue weighted by Crippen LogP contribution is -2.65. The largest absolute Gasteiger partial charge is 0.393 e.